The lowest BCUT2D eigenvalue weighted by Gasteiger charge is -2.07. The van der Waals surface area contributed by atoms with E-state index in [0.29, 0.717) is 0 Å². The Bertz CT molecular complexity index is 291. The highest BCUT2D eigenvalue weighted by atomic mass is 28.3. The molecule has 0 amide bonds. The lowest BCUT2D eigenvalue weighted by Crippen LogP contribution is -2.14. The molecule has 1 aliphatic rings. The van der Waals surface area contributed by atoms with Crippen molar-refractivity contribution < 1.29 is 4.43 Å². The Labute approximate surface area is 73.7 Å². The van der Waals surface area contributed by atoms with Crippen molar-refractivity contribution in [1.82, 2.24) is 0 Å². The van der Waals surface area contributed by atoms with Gasteiger partial charge in [-0.15, -0.1) is 0 Å². The predicted octanol–water partition coefficient (Wildman–Crippen LogP) is 1.99. The van der Waals surface area contributed by atoms with Gasteiger partial charge >= 0.3 is 0 Å². The highest BCUT2D eigenvalue weighted by molar-refractivity contribution is 6.64. The highest BCUT2D eigenvalue weighted by Crippen LogP contribution is 2.11. The minimum atomic E-state index is -1.17. The van der Waals surface area contributed by atoms with Crippen LogP contribution in [-0.2, 0) is 0 Å². The molecular weight excluding hydrogens is 164 g/mol. The fourth-order valence-corrected chi connectivity index (χ4v) is 2.60. The van der Waals surface area contributed by atoms with Crippen LogP contribution in [0.3, 0.4) is 0 Å². The zero-order valence-corrected chi connectivity index (χ0v) is 7.84. The molecule has 2 rings (SSSR count). The first-order valence-corrected chi connectivity index (χ1v) is 5.82. The van der Waals surface area contributed by atoms with Crippen LogP contribution in [0, 0.1) is 0 Å². The van der Waals surface area contributed by atoms with Crippen LogP contribution in [0.2, 0.25) is 0 Å². The van der Waals surface area contributed by atoms with Gasteiger partial charge in [0.2, 0.25) is 0 Å². The van der Waals surface area contributed by atoms with Crippen molar-refractivity contribution in [3.05, 3.63) is 53.9 Å². The molecule has 0 bridgehead atoms. The molecule has 0 spiro atoms. The van der Waals surface area contributed by atoms with Crippen LogP contribution in [0.25, 0.3) is 0 Å². The lowest BCUT2D eigenvalue weighted by atomic mass is 10.3. The maximum atomic E-state index is 5.74. The van der Waals surface area contributed by atoms with Crippen molar-refractivity contribution in [3.8, 4) is 5.75 Å². The quantitative estimate of drug-likeness (QED) is 0.623. The summed E-state index contributed by atoms with van der Waals surface area (Å²) < 4.78 is 5.74. The van der Waals surface area contributed by atoms with Crippen LogP contribution in [0.1, 0.15) is 0 Å². The van der Waals surface area contributed by atoms with E-state index in [-0.39, 0.29) is 0 Å². The topological polar surface area (TPSA) is 9.23 Å². The second-order valence-electron chi connectivity index (χ2n) is 2.67. The molecule has 0 fully saturated rings. The van der Waals surface area contributed by atoms with Gasteiger partial charge in [0.25, 0.3) is 9.04 Å². The van der Waals surface area contributed by atoms with Crippen molar-refractivity contribution >= 4 is 9.04 Å². The molecule has 1 aliphatic heterocycles. The summed E-state index contributed by atoms with van der Waals surface area (Å²) in [7, 11) is -1.17. The standard InChI is InChI=1S/C10H10OSi/c1-2-6-10(7-3-1)11-12-8-4-5-9-12/h1-9,12H. The summed E-state index contributed by atoms with van der Waals surface area (Å²) in [5.41, 5.74) is 4.32. The zero-order chi connectivity index (χ0) is 8.23. The van der Waals surface area contributed by atoms with Crippen LogP contribution in [0.5, 0.6) is 5.75 Å². The van der Waals surface area contributed by atoms with Gasteiger partial charge in [-0.1, -0.05) is 41.7 Å². The molecule has 1 aromatic rings. The number of benzene rings is 1. The van der Waals surface area contributed by atoms with Crippen molar-refractivity contribution in [1.29, 1.82) is 0 Å². The molecule has 60 valence electrons. The average molecular weight is 174 g/mol. The van der Waals surface area contributed by atoms with E-state index in [4.69, 9.17) is 4.43 Å². The second kappa shape index (κ2) is 3.41. The number of allylic oxidation sites excluding steroid dienone is 2. The Morgan fingerprint density at radius 1 is 0.917 bits per heavy atom. The summed E-state index contributed by atoms with van der Waals surface area (Å²) in [6.07, 6.45) is 4.11. The Hall–Kier alpha value is -1.28. The van der Waals surface area contributed by atoms with Crippen molar-refractivity contribution in [3.63, 3.8) is 0 Å². The van der Waals surface area contributed by atoms with Crippen molar-refractivity contribution in [2.24, 2.45) is 0 Å². The molecule has 1 aromatic carbocycles. The molecule has 0 N–H and O–H groups in total. The van der Waals surface area contributed by atoms with E-state index >= 15 is 0 Å². The molecule has 0 saturated carbocycles. The van der Waals surface area contributed by atoms with E-state index in [1.54, 1.807) is 0 Å². The average Bonchev–Trinajstić information content (AvgIpc) is 2.59. The monoisotopic (exact) mass is 174 g/mol. The third kappa shape index (κ3) is 1.65. The van der Waals surface area contributed by atoms with Gasteiger partial charge in [-0.2, -0.15) is 0 Å². The molecule has 0 radical (unpaired) electrons. The van der Waals surface area contributed by atoms with Gasteiger partial charge in [0.15, 0.2) is 0 Å². The minimum absolute atomic E-state index is 0.977. The van der Waals surface area contributed by atoms with Gasteiger partial charge in [-0.25, -0.2) is 0 Å². The van der Waals surface area contributed by atoms with Crippen LogP contribution >= 0.6 is 0 Å². The largest absolute Gasteiger partial charge is 0.539 e. The Kier molecular flexibility index (Phi) is 2.09. The Morgan fingerprint density at radius 3 is 2.25 bits per heavy atom. The highest BCUT2D eigenvalue weighted by Gasteiger charge is 2.07. The molecule has 2 heteroatoms. The lowest BCUT2D eigenvalue weighted by molar-refractivity contribution is 0.591. The van der Waals surface area contributed by atoms with Crippen LogP contribution in [0.4, 0.5) is 0 Å². The second-order valence-corrected chi connectivity index (χ2v) is 4.60. The first-order chi connectivity index (χ1) is 5.95. The van der Waals surface area contributed by atoms with E-state index in [9.17, 15) is 0 Å². The van der Waals surface area contributed by atoms with Gasteiger partial charge in [-0.3, -0.25) is 0 Å². The third-order valence-corrected chi connectivity index (χ3v) is 3.48. The molecule has 12 heavy (non-hydrogen) atoms. The van der Waals surface area contributed by atoms with E-state index < -0.39 is 9.04 Å². The summed E-state index contributed by atoms with van der Waals surface area (Å²) in [5.74, 6) is 0.977. The summed E-state index contributed by atoms with van der Waals surface area (Å²) in [6, 6.07) is 9.97. The number of hydrogen-bond donors (Lipinski definition) is 0. The molecule has 0 unspecified atom stereocenters. The van der Waals surface area contributed by atoms with E-state index in [1.165, 1.54) is 0 Å². The van der Waals surface area contributed by atoms with Crippen LogP contribution in [0.15, 0.2) is 53.9 Å². The summed E-state index contributed by atoms with van der Waals surface area (Å²) in [4.78, 5) is 0. The fourth-order valence-electron chi connectivity index (χ4n) is 1.15. The number of rotatable bonds is 2. The molecule has 0 saturated heterocycles. The van der Waals surface area contributed by atoms with E-state index in [2.05, 4.69) is 23.6 Å². The first-order valence-electron chi connectivity index (χ1n) is 4.02. The Balaban J connectivity index is 2.04. The first kappa shape index (κ1) is 7.37. The van der Waals surface area contributed by atoms with Gasteiger partial charge < -0.3 is 4.43 Å². The molecule has 1 heterocycles. The molecule has 1 nitrogen and oxygen atoms in total. The van der Waals surface area contributed by atoms with Gasteiger partial charge in [0.1, 0.15) is 5.75 Å². The molecule has 0 aromatic heterocycles. The van der Waals surface area contributed by atoms with Gasteiger partial charge in [0, 0.05) is 0 Å². The zero-order valence-electron chi connectivity index (χ0n) is 6.68. The van der Waals surface area contributed by atoms with Gasteiger partial charge in [-0.05, 0) is 12.1 Å². The van der Waals surface area contributed by atoms with Crippen LogP contribution in [-0.4, -0.2) is 9.04 Å². The normalized spacial score (nSPS) is 15.3. The van der Waals surface area contributed by atoms with E-state index in [1.807, 2.05) is 30.3 Å². The SMILES string of the molecule is C1=C[SiH](Oc2ccccc2)C=C1. The minimum Gasteiger partial charge on any atom is -0.539 e. The van der Waals surface area contributed by atoms with E-state index in [0.717, 1.165) is 5.75 Å². The summed E-state index contributed by atoms with van der Waals surface area (Å²) in [6.45, 7) is 0. The number of hydrogen-bond acceptors (Lipinski definition) is 1. The summed E-state index contributed by atoms with van der Waals surface area (Å²) in [5, 5.41) is 0. The molecular formula is C10H10OSi. The van der Waals surface area contributed by atoms with Gasteiger partial charge in [0.05, 0.1) is 0 Å². The third-order valence-electron chi connectivity index (χ3n) is 1.73. The summed E-state index contributed by atoms with van der Waals surface area (Å²) >= 11 is 0. The molecule has 0 atom stereocenters. The van der Waals surface area contributed by atoms with Crippen LogP contribution < -0.4 is 4.43 Å². The smallest absolute Gasteiger partial charge is 0.284 e. The Morgan fingerprint density at radius 2 is 1.58 bits per heavy atom. The predicted molar refractivity (Wildman–Crippen MR) is 52.5 cm³/mol. The maximum Gasteiger partial charge on any atom is 0.284 e. The van der Waals surface area contributed by atoms with Crippen molar-refractivity contribution in [2.45, 2.75) is 0 Å². The maximum absolute atomic E-state index is 5.74. The van der Waals surface area contributed by atoms with Crippen molar-refractivity contribution in [2.75, 3.05) is 0 Å². The molecule has 0 aliphatic carbocycles. The number of para-hydroxylation sites is 1. The fraction of sp³-hybridized carbons (Fsp3) is 0.